The summed E-state index contributed by atoms with van der Waals surface area (Å²) in [5, 5.41) is 26.3. The van der Waals surface area contributed by atoms with Gasteiger partial charge >= 0.3 is 6.09 Å². The molecule has 12 heteroatoms. The van der Waals surface area contributed by atoms with Gasteiger partial charge in [0.25, 0.3) is 5.91 Å². The highest BCUT2D eigenvalue weighted by Crippen LogP contribution is 2.33. The molecule has 3 saturated carbocycles. The molecule has 0 spiro atoms. The fraction of sp³-hybridized carbons (Fsp3) is 0.484. The molecule has 3 amide bonds. The molecule has 6 rings (SSSR count). The van der Waals surface area contributed by atoms with Gasteiger partial charge in [-0.15, -0.1) is 0 Å². The second-order valence-electron chi connectivity index (χ2n) is 11.9. The van der Waals surface area contributed by atoms with Crippen molar-refractivity contribution in [1.82, 2.24) is 30.5 Å². The Hall–Kier alpha value is -4.66. The quantitative estimate of drug-likeness (QED) is 0.298. The van der Waals surface area contributed by atoms with Crippen molar-refractivity contribution in [3.63, 3.8) is 0 Å². The summed E-state index contributed by atoms with van der Waals surface area (Å²) in [7, 11) is 1.35. The SMILES string of the molecule is COC(=O)NCC1CC(Nc2cc(-c3ccc4cc(C#N)cnn34)ncc2C(=O)NC2CCC(NC(=O)C3CC3)CC2)C1. The first kappa shape index (κ1) is 28.5. The van der Waals surface area contributed by atoms with Crippen LogP contribution in [0.3, 0.4) is 0 Å². The fourth-order valence-corrected chi connectivity index (χ4v) is 6.00. The third-order valence-corrected chi connectivity index (χ3v) is 8.71. The molecular weight excluding hydrogens is 548 g/mol. The minimum atomic E-state index is -0.441. The molecule has 3 fully saturated rings. The Morgan fingerprint density at radius 2 is 1.74 bits per heavy atom. The van der Waals surface area contributed by atoms with Gasteiger partial charge in [-0.25, -0.2) is 9.31 Å². The number of rotatable bonds is 9. The van der Waals surface area contributed by atoms with Crippen molar-refractivity contribution >= 4 is 29.1 Å². The average molecular weight is 585 g/mol. The molecule has 0 aliphatic heterocycles. The Morgan fingerprint density at radius 3 is 2.44 bits per heavy atom. The molecule has 0 aromatic carbocycles. The van der Waals surface area contributed by atoms with Crippen LogP contribution in [0.5, 0.6) is 0 Å². The van der Waals surface area contributed by atoms with Gasteiger partial charge in [0.2, 0.25) is 5.91 Å². The van der Waals surface area contributed by atoms with E-state index in [9.17, 15) is 19.6 Å². The Labute approximate surface area is 249 Å². The van der Waals surface area contributed by atoms with E-state index in [0.717, 1.165) is 62.6 Å². The van der Waals surface area contributed by atoms with E-state index in [1.54, 1.807) is 16.8 Å². The number of nitrogens with one attached hydrogen (secondary N) is 4. The van der Waals surface area contributed by atoms with Gasteiger partial charge in [0.05, 0.1) is 47.0 Å². The number of carbonyl (C=O) groups is 3. The highest BCUT2D eigenvalue weighted by molar-refractivity contribution is 6.00. The summed E-state index contributed by atoms with van der Waals surface area (Å²) < 4.78 is 6.39. The van der Waals surface area contributed by atoms with E-state index in [2.05, 4.69) is 42.2 Å². The number of methoxy groups -OCH3 is 1. The third kappa shape index (κ3) is 6.56. The number of ether oxygens (including phenoxy) is 1. The highest BCUT2D eigenvalue weighted by Gasteiger charge is 2.33. The van der Waals surface area contributed by atoms with Gasteiger partial charge in [0.1, 0.15) is 6.07 Å². The number of carbonyl (C=O) groups excluding carboxylic acids is 3. The van der Waals surface area contributed by atoms with Crippen LogP contribution in [0.15, 0.2) is 36.7 Å². The minimum absolute atomic E-state index is 0.0275. The molecule has 0 unspecified atom stereocenters. The Kier molecular flexibility index (Phi) is 8.13. The molecule has 0 bridgehead atoms. The molecule has 3 aliphatic carbocycles. The molecule has 12 nitrogen and oxygen atoms in total. The van der Waals surface area contributed by atoms with Gasteiger partial charge < -0.3 is 26.0 Å². The number of amides is 3. The number of fused-ring (bicyclic) bond motifs is 1. The normalized spacial score (nSPS) is 23.0. The number of nitrogens with zero attached hydrogens (tertiary/aromatic N) is 4. The molecule has 43 heavy (non-hydrogen) atoms. The van der Waals surface area contributed by atoms with Crippen LogP contribution in [0, 0.1) is 23.2 Å². The van der Waals surface area contributed by atoms with E-state index in [1.807, 2.05) is 18.2 Å². The van der Waals surface area contributed by atoms with Crippen molar-refractivity contribution in [2.75, 3.05) is 19.0 Å². The van der Waals surface area contributed by atoms with Crippen LogP contribution >= 0.6 is 0 Å². The Balaban J connectivity index is 1.16. The van der Waals surface area contributed by atoms with E-state index in [-0.39, 0.29) is 35.9 Å². The molecule has 0 radical (unpaired) electrons. The first-order chi connectivity index (χ1) is 20.9. The van der Waals surface area contributed by atoms with Crippen LogP contribution in [0.2, 0.25) is 0 Å². The van der Waals surface area contributed by atoms with Crippen molar-refractivity contribution in [1.29, 1.82) is 5.26 Å². The van der Waals surface area contributed by atoms with Gasteiger partial charge in [-0.3, -0.25) is 14.6 Å². The summed E-state index contributed by atoms with van der Waals surface area (Å²) in [5.41, 5.74) is 3.78. The van der Waals surface area contributed by atoms with Crippen LogP contribution in [-0.4, -0.2) is 64.3 Å². The topological polar surface area (TPSA) is 163 Å². The van der Waals surface area contributed by atoms with Crippen molar-refractivity contribution in [2.45, 2.75) is 69.5 Å². The Bertz CT molecular complexity index is 1560. The molecule has 4 N–H and O–H groups in total. The lowest BCUT2D eigenvalue weighted by Gasteiger charge is -2.37. The maximum atomic E-state index is 13.6. The lowest BCUT2D eigenvalue weighted by molar-refractivity contribution is -0.123. The second kappa shape index (κ2) is 12.3. The van der Waals surface area contributed by atoms with Crippen molar-refractivity contribution in [2.24, 2.45) is 11.8 Å². The zero-order valence-corrected chi connectivity index (χ0v) is 24.1. The third-order valence-electron chi connectivity index (χ3n) is 8.71. The van der Waals surface area contributed by atoms with Crippen LogP contribution < -0.4 is 21.3 Å². The number of alkyl carbamates (subject to hydrolysis) is 1. The van der Waals surface area contributed by atoms with E-state index in [1.165, 1.54) is 13.3 Å². The lowest BCUT2D eigenvalue weighted by Crippen LogP contribution is -2.44. The monoisotopic (exact) mass is 584 g/mol. The van der Waals surface area contributed by atoms with Crippen molar-refractivity contribution < 1.29 is 19.1 Å². The van der Waals surface area contributed by atoms with Gasteiger partial charge in [-0.2, -0.15) is 10.4 Å². The lowest BCUT2D eigenvalue weighted by atomic mass is 9.80. The molecule has 3 aromatic heterocycles. The van der Waals surface area contributed by atoms with Crippen LogP contribution in [0.1, 0.15) is 67.3 Å². The number of anilines is 1. The smallest absolute Gasteiger partial charge is 0.406 e. The number of nitriles is 1. The summed E-state index contributed by atoms with van der Waals surface area (Å²) in [6, 6.07) is 9.87. The second-order valence-corrected chi connectivity index (χ2v) is 11.9. The predicted octanol–water partition coefficient (Wildman–Crippen LogP) is 3.38. The number of hydrogen-bond acceptors (Lipinski definition) is 8. The molecule has 224 valence electrons. The van der Waals surface area contributed by atoms with Crippen LogP contribution in [0.4, 0.5) is 10.5 Å². The van der Waals surface area contributed by atoms with E-state index in [0.29, 0.717) is 35.0 Å². The average Bonchev–Trinajstić information content (AvgIpc) is 3.78. The zero-order chi connectivity index (χ0) is 29.9. The van der Waals surface area contributed by atoms with Gasteiger partial charge in [-0.1, -0.05) is 0 Å². The molecule has 3 aromatic rings. The first-order valence-electron chi connectivity index (χ1n) is 15.0. The summed E-state index contributed by atoms with van der Waals surface area (Å²) >= 11 is 0. The fourth-order valence-electron chi connectivity index (χ4n) is 6.00. The molecule has 3 aliphatic rings. The largest absolute Gasteiger partial charge is 0.453 e. The van der Waals surface area contributed by atoms with Gasteiger partial charge in [0.15, 0.2) is 0 Å². The number of aromatic nitrogens is 3. The molecule has 0 saturated heterocycles. The molecule has 3 heterocycles. The van der Waals surface area contributed by atoms with Crippen LogP contribution in [-0.2, 0) is 9.53 Å². The maximum absolute atomic E-state index is 13.6. The summed E-state index contributed by atoms with van der Waals surface area (Å²) in [5.74, 6) is 0.500. The standard InChI is InChI=1S/C31H36N8O4/c1-43-31(42)34-15-18-10-23(11-18)36-26-13-27(28-9-8-24-12-19(14-32)16-35-39(24)28)33-17-25(26)30(41)38-22-6-4-21(5-7-22)37-29(40)20-2-3-20/h8-9,12-13,16-18,20-23H,2-7,10-11,15H2,1H3,(H,33,36)(H,34,42)(H,37,40)(H,38,41). The molecule has 0 atom stereocenters. The summed E-state index contributed by atoms with van der Waals surface area (Å²) in [6.07, 6.45) is 9.64. The van der Waals surface area contributed by atoms with Crippen LogP contribution in [0.25, 0.3) is 16.9 Å². The number of pyridine rings is 1. The van der Waals surface area contributed by atoms with E-state index >= 15 is 0 Å². The van der Waals surface area contributed by atoms with Crippen molar-refractivity contribution in [3.8, 4) is 17.5 Å². The van der Waals surface area contributed by atoms with E-state index < -0.39 is 6.09 Å². The summed E-state index contributed by atoms with van der Waals surface area (Å²) in [4.78, 5) is 41.8. The minimum Gasteiger partial charge on any atom is -0.453 e. The highest BCUT2D eigenvalue weighted by atomic mass is 16.5. The van der Waals surface area contributed by atoms with Gasteiger partial charge in [0, 0.05) is 36.8 Å². The maximum Gasteiger partial charge on any atom is 0.406 e. The summed E-state index contributed by atoms with van der Waals surface area (Å²) in [6.45, 7) is 0.538. The van der Waals surface area contributed by atoms with Crippen molar-refractivity contribution in [3.05, 3.63) is 47.8 Å². The van der Waals surface area contributed by atoms with E-state index in [4.69, 9.17) is 0 Å². The predicted molar refractivity (Wildman–Crippen MR) is 158 cm³/mol. The first-order valence-corrected chi connectivity index (χ1v) is 15.0. The Morgan fingerprint density at radius 1 is 1.00 bits per heavy atom. The molecular formula is C31H36N8O4. The number of hydrogen-bond donors (Lipinski definition) is 4. The zero-order valence-electron chi connectivity index (χ0n) is 24.1. The van der Waals surface area contributed by atoms with Gasteiger partial charge in [-0.05, 0) is 81.5 Å².